The van der Waals surface area contributed by atoms with Crippen LogP contribution >= 0.6 is 0 Å². The number of nitrogens with zero attached hydrogens (tertiary/aromatic N) is 1. The molecule has 0 fully saturated rings. The second-order valence-electron chi connectivity index (χ2n) is 4.31. The molecule has 0 aliphatic heterocycles. The Kier molecular flexibility index (Phi) is 4.37. The van der Waals surface area contributed by atoms with Gasteiger partial charge in [0.1, 0.15) is 0 Å². The highest BCUT2D eigenvalue weighted by Crippen LogP contribution is 2.25. The van der Waals surface area contributed by atoms with Crippen LogP contribution in [0.1, 0.15) is 27.7 Å². The summed E-state index contributed by atoms with van der Waals surface area (Å²) in [7, 11) is 1.65. The molecule has 0 aromatic heterocycles. The average Bonchev–Trinajstić information content (AvgIpc) is 1.85. The first-order valence-electron chi connectivity index (χ1n) is 4.07. The minimum atomic E-state index is -1.83. The van der Waals surface area contributed by atoms with Crippen LogP contribution < -0.4 is 0 Å². The van der Waals surface area contributed by atoms with E-state index in [1.165, 1.54) is 4.31 Å². The van der Waals surface area contributed by atoms with Gasteiger partial charge >= 0.3 is 0 Å². The Balaban J connectivity index is 4.01. The van der Waals surface area contributed by atoms with E-state index >= 15 is 0 Å². The topological polar surface area (TPSA) is 40.5 Å². The van der Waals surface area contributed by atoms with Crippen LogP contribution in [0.2, 0.25) is 0 Å². The molecule has 0 aromatic rings. The molecule has 0 aliphatic rings. The molecule has 0 rings (SSSR count). The summed E-state index contributed by atoms with van der Waals surface area (Å²) in [4.78, 5) is 0. The van der Waals surface area contributed by atoms with Crippen molar-refractivity contribution in [1.29, 1.82) is 0 Å². The summed E-state index contributed by atoms with van der Waals surface area (Å²) in [6, 6.07) is 0. The van der Waals surface area contributed by atoms with Crippen molar-refractivity contribution in [1.82, 2.24) is 4.31 Å². The number of hydrogen-bond donors (Lipinski definition) is 1. The summed E-state index contributed by atoms with van der Waals surface area (Å²) in [5.74, 6) is 0.401. The molecule has 0 aliphatic carbocycles. The van der Waals surface area contributed by atoms with Gasteiger partial charge in [0.2, 0.25) is 11.3 Å². The van der Waals surface area contributed by atoms with Gasteiger partial charge in [0.15, 0.2) is 0 Å². The molecule has 3 nitrogen and oxygen atoms in total. The Morgan fingerprint density at radius 3 is 2.17 bits per heavy atom. The molecular weight excluding hydrogens is 174 g/mol. The Labute approximate surface area is 77.6 Å². The van der Waals surface area contributed by atoms with Crippen molar-refractivity contribution in [2.45, 2.75) is 27.7 Å². The van der Waals surface area contributed by atoms with E-state index in [1.807, 2.05) is 0 Å². The second-order valence-corrected chi connectivity index (χ2v) is 5.39. The van der Waals surface area contributed by atoms with Gasteiger partial charge in [-0.2, -0.15) is 0 Å². The Bertz CT molecular complexity index is 165. The van der Waals surface area contributed by atoms with Gasteiger partial charge in [0.25, 0.3) is 0 Å². The minimum absolute atomic E-state index is 0.188. The third-order valence-electron chi connectivity index (χ3n) is 2.28. The van der Waals surface area contributed by atoms with Crippen molar-refractivity contribution in [2.75, 3.05) is 13.6 Å². The van der Waals surface area contributed by atoms with Crippen molar-refractivity contribution < 1.29 is 8.76 Å². The third-order valence-corrected chi connectivity index (χ3v) is 2.96. The molecular formula is C8H19NO2S. The van der Waals surface area contributed by atoms with Gasteiger partial charge in [-0.15, -0.1) is 0 Å². The van der Waals surface area contributed by atoms with Crippen LogP contribution in [0, 0.1) is 11.3 Å². The SMILES string of the molecule is CC(CN(C)S(=O)O)C(C)(C)C. The van der Waals surface area contributed by atoms with Gasteiger partial charge in [0.05, 0.1) is 0 Å². The number of rotatable bonds is 3. The molecule has 0 spiro atoms. The Morgan fingerprint density at radius 1 is 1.50 bits per heavy atom. The Morgan fingerprint density at radius 2 is 1.92 bits per heavy atom. The third kappa shape index (κ3) is 4.18. The standard InChI is InChI=1S/C8H19NO2S/c1-7(8(2,3)4)6-9(5)12(10)11/h7H,6H2,1-5H3,(H,10,11). The van der Waals surface area contributed by atoms with Gasteiger partial charge in [0, 0.05) is 13.6 Å². The molecule has 0 heterocycles. The summed E-state index contributed by atoms with van der Waals surface area (Å²) < 4.78 is 20.8. The van der Waals surface area contributed by atoms with Crippen LogP contribution in [-0.4, -0.2) is 26.7 Å². The highest BCUT2D eigenvalue weighted by molar-refractivity contribution is 7.76. The monoisotopic (exact) mass is 193 g/mol. The molecule has 1 N–H and O–H groups in total. The first kappa shape index (κ1) is 12.1. The summed E-state index contributed by atoms with van der Waals surface area (Å²) in [5, 5.41) is 0. The van der Waals surface area contributed by atoms with E-state index in [-0.39, 0.29) is 5.41 Å². The average molecular weight is 193 g/mol. The van der Waals surface area contributed by atoms with E-state index in [0.29, 0.717) is 12.5 Å². The smallest absolute Gasteiger partial charge is 0.234 e. The maximum Gasteiger partial charge on any atom is 0.234 e. The maximum atomic E-state index is 10.6. The summed E-state index contributed by atoms with van der Waals surface area (Å²) in [6.07, 6.45) is 0. The van der Waals surface area contributed by atoms with Crippen LogP contribution in [0.25, 0.3) is 0 Å². The zero-order valence-corrected chi connectivity index (χ0v) is 9.31. The summed E-state index contributed by atoms with van der Waals surface area (Å²) in [5.41, 5.74) is 0.188. The fraction of sp³-hybridized carbons (Fsp3) is 1.00. The van der Waals surface area contributed by atoms with Gasteiger partial charge in [-0.25, -0.2) is 8.51 Å². The van der Waals surface area contributed by atoms with Gasteiger partial charge in [-0.05, 0) is 11.3 Å². The van der Waals surface area contributed by atoms with E-state index in [0.717, 1.165) is 0 Å². The van der Waals surface area contributed by atoms with Crippen molar-refractivity contribution in [3.8, 4) is 0 Å². The van der Waals surface area contributed by atoms with Crippen molar-refractivity contribution in [3.63, 3.8) is 0 Å². The lowest BCUT2D eigenvalue weighted by Crippen LogP contribution is -2.32. The number of hydrogen-bond acceptors (Lipinski definition) is 1. The van der Waals surface area contributed by atoms with Crippen LogP contribution in [0.5, 0.6) is 0 Å². The summed E-state index contributed by atoms with van der Waals surface area (Å²) >= 11 is -1.83. The fourth-order valence-electron chi connectivity index (χ4n) is 0.723. The fourth-order valence-corrected chi connectivity index (χ4v) is 1.07. The first-order valence-corrected chi connectivity index (χ1v) is 5.13. The van der Waals surface area contributed by atoms with Crippen molar-refractivity contribution in [2.24, 2.45) is 11.3 Å². The van der Waals surface area contributed by atoms with E-state index in [1.54, 1.807) is 7.05 Å². The quantitative estimate of drug-likeness (QED) is 0.694. The molecule has 0 saturated carbocycles. The molecule has 0 radical (unpaired) electrons. The molecule has 0 amide bonds. The van der Waals surface area contributed by atoms with E-state index < -0.39 is 11.3 Å². The highest BCUT2D eigenvalue weighted by Gasteiger charge is 2.22. The lowest BCUT2D eigenvalue weighted by Gasteiger charge is -2.29. The molecule has 12 heavy (non-hydrogen) atoms. The lowest BCUT2D eigenvalue weighted by molar-refractivity contribution is 0.225. The maximum absolute atomic E-state index is 10.6. The molecule has 0 bridgehead atoms. The van der Waals surface area contributed by atoms with Crippen LogP contribution in [-0.2, 0) is 11.3 Å². The Hall–Kier alpha value is 0.0700. The van der Waals surface area contributed by atoms with Crippen LogP contribution in [0.4, 0.5) is 0 Å². The largest absolute Gasteiger partial charge is 0.294 e. The minimum Gasteiger partial charge on any atom is -0.294 e. The molecule has 4 heteroatoms. The predicted octanol–water partition coefficient (Wildman–Crippen LogP) is 1.74. The second kappa shape index (κ2) is 4.35. The van der Waals surface area contributed by atoms with Crippen LogP contribution in [0.3, 0.4) is 0 Å². The van der Waals surface area contributed by atoms with Crippen LogP contribution in [0.15, 0.2) is 0 Å². The van der Waals surface area contributed by atoms with E-state index in [9.17, 15) is 4.21 Å². The van der Waals surface area contributed by atoms with Gasteiger partial charge < -0.3 is 0 Å². The molecule has 0 saturated heterocycles. The molecule has 74 valence electrons. The molecule has 0 aromatic carbocycles. The van der Waals surface area contributed by atoms with Crippen molar-refractivity contribution >= 4 is 11.3 Å². The van der Waals surface area contributed by atoms with Crippen molar-refractivity contribution in [3.05, 3.63) is 0 Å². The molecule has 2 unspecified atom stereocenters. The first-order chi connectivity index (χ1) is 5.25. The normalized spacial score (nSPS) is 17.9. The van der Waals surface area contributed by atoms with Gasteiger partial charge in [-0.1, -0.05) is 27.7 Å². The summed E-state index contributed by atoms with van der Waals surface area (Å²) in [6.45, 7) is 9.12. The molecule has 2 atom stereocenters. The van der Waals surface area contributed by atoms with Gasteiger partial charge in [-0.3, -0.25) is 4.55 Å². The van der Waals surface area contributed by atoms with E-state index in [4.69, 9.17) is 4.55 Å². The lowest BCUT2D eigenvalue weighted by atomic mass is 9.82. The predicted molar refractivity (Wildman–Crippen MR) is 52.0 cm³/mol. The zero-order chi connectivity index (χ0) is 9.94. The van der Waals surface area contributed by atoms with E-state index in [2.05, 4.69) is 27.7 Å². The zero-order valence-electron chi connectivity index (χ0n) is 8.50. The highest BCUT2D eigenvalue weighted by atomic mass is 32.2.